The lowest BCUT2D eigenvalue weighted by Gasteiger charge is -2.02. The fourth-order valence-corrected chi connectivity index (χ4v) is 1.77. The Morgan fingerprint density at radius 3 is 2.88 bits per heavy atom. The highest BCUT2D eigenvalue weighted by molar-refractivity contribution is 14.1. The number of hydrogen-bond donors (Lipinski definition) is 1. The van der Waals surface area contributed by atoms with Crippen LogP contribution in [0.4, 0.5) is 5.69 Å². The number of amides is 1. The van der Waals surface area contributed by atoms with Crippen molar-refractivity contribution in [1.29, 1.82) is 0 Å². The van der Waals surface area contributed by atoms with Gasteiger partial charge in [0.25, 0.3) is 5.91 Å². The molecule has 0 aliphatic rings. The zero-order chi connectivity index (χ0) is 11.5. The second kappa shape index (κ2) is 4.65. The van der Waals surface area contributed by atoms with Gasteiger partial charge in [-0.15, -0.1) is 0 Å². The van der Waals surface area contributed by atoms with Gasteiger partial charge in [0.05, 0.1) is 5.69 Å². The number of nitrogens with zero attached hydrogens (tertiary/aromatic N) is 1. The van der Waals surface area contributed by atoms with Crippen molar-refractivity contribution in [1.82, 2.24) is 5.16 Å². The molecule has 0 aliphatic heterocycles. The monoisotopic (exact) mass is 328 g/mol. The summed E-state index contributed by atoms with van der Waals surface area (Å²) in [6.45, 7) is 1.77. The van der Waals surface area contributed by atoms with Crippen LogP contribution in [0.1, 0.15) is 16.2 Å². The smallest absolute Gasteiger partial charge is 0.294 e. The Morgan fingerprint density at radius 1 is 1.44 bits per heavy atom. The van der Waals surface area contributed by atoms with Crippen LogP contribution in [0.15, 0.2) is 34.9 Å². The standard InChI is InChI=1S/C11H9IN2O2/c1-7-5-10(16-14-7)11(15)13-9-4-2-3-8(12)6-9/h2-6H,1H3,(H,13,15). The molecule has 5 heteroatoms. The van der Waals surface area contributed by atoms with Crippen molar-refractivity contribution in [2.24, 2.45) is 0 Å². The van der Waals surface area contributed by atoms with E-state index in [9.17, 15) is 4.79 Å². The summed E-state index contributed by atoms with van der Waals surface area (Å²) in [6.07, 6.45) is 0. The normalized spacial score (nSPS) is 10.1. The highest BCUT2D eigenvalue weighted by Crippen LogP contribution is 2.13. The van der Waals surface area contributed by atoms with Crippen LogP contribution in [-0.2, 0) is 0 Å². The van der Waals surface area contributed by atoms with Gasteiger partial charge < -0.3 is 9.84 Å². The summed E-state index contributed by atoms with van der Waals surface area (Å²) < 4.78 is 5.92. The maximum absolute atomic E-state index is 11.7. The zero-order valence-corrected chi connectivity index (χ0v) is 10.7. The quantitative estimate of drug-likeness (QED) is 0.863. The minimum absolute atomic E-state index is 0.219. The topological polar surface area (TPSA) is 55.1 Å². The fraction of sp³-hybridized carbons (Fsp3) is 0.0909. The molecule has 2 aromatic rings. The second-order valence-electron chi connectivity index (χ2n) is 3.30. The van der Waals surface area contributed by atoms with Gasteiger partial charge in [-0.3, -0.25) is 4.79 Å². The molecule has 0 saturated heterocycles. The van der Waals surface area contributed by atoms with E-state index in [1.165, 1.54) is 0 Å². The average Bonchev–Trinajstić information content (AvgIpc) is 2.65. The minimum atomic E-state index is -0.289. The molecular formula is C11H9IN2O2. The fourth-order valence-electron chi connectivity index (χ4n) is 1.23. The lowest BCUT2D eigenvalue weighted by molar-refractivity contribution is 0.0988. The van der Waals surface area contributed by atoms with Gasteiger partial charge in [-0.25, -0.2) is 0 Å². The van der Waals surface area contributed by atoms with Gasteiger partial charge in [0.15, 0.2) is 0 Å². The van der Waals surface area contributed by atoms with Crippen LogP contribution in [0.25, 0.3) is 0 Å². The van der Waals surface area contributed by atoms with Crippen molar-refractivity contribution >= 4 is 34.2 Å². The maximum Gasteiger partial charge on any atom is 0.294 e. The Hall–Kier alpha value is -1.37. The van der Waals surface area contributed by atoms with Crippen LogP contribution in [0.5, 0.6) is 0 Å². The highest BCUT2D eigenvalue weighted by atomic mass is 127. The van der Waals surface area contributed by atoms with E-state index in [0.29, 0.717) is 5.69 Å². The third-order valence-electron chi connectivity index (χ3n) is 1.93. The first-order chi connectivity index (χ1) is 7.65. The molecule has 0 radical (unpaired) electrons. The predicted molar refractivity (Wildman–Crippen MR) is 68.4 cm³/mol. The first kappa shape index (κ1) is 11.1. The van der Waals surface area contributed by atoms with E-state index in [-0.39, 0.29) is 11.7 Å². The van der Waals surface area contributed by atoms with Crippen molar-refractivity contribution in [3.8, 4) is 0 Å². The molecule has 0 saturated carbocycles. The Balaban J connectivity index is 2.13. The number of halogens is 1. The van der Waals surface area contributed by atoms with Gasteiger partial charge in [0.2, 0.25) is 5.76 Å². The molecule has 1 heterocycles. The number of anilines is 1. The molecule has 0 fully saturated rings. The van der Waals surface area contributed by atoms with Gasteiger partial charge >= 0.3 is 0 Å². The SMILES string of the molecule is Cc1cc(C(=O)Nc2cccc(I)c2)on1. The van der Waals surface area contributed by atoms with E-state index in [2.05, 4.69) is 33.1 Å². The van der Waals surface area contributed by atoms with Crippen molar-refractivity contribution < 1.29 is 9.32 Å². The summed E-state index contributed by atoms with van der Waals surface area (Å²) in [5.74, 6) is -0.0704. The van der Waals surface area contributed by atoms with Gasteiger partial charge in [-0.2, -0.15) is 0 Å². The van der Waals surface area contributed by atoms with Crippen LogP contribution in [0.3, 0.4) is 0 Å². The maximum atomic E-state index is 11.7. The molecular weight excluding hydrogens is 319 g/mol. The van der Waals surface area contributed by atoms with Crippen molar-refractivity contribution in [2.45, 2.75) is 6.92 Å². The number of benzene rings is 1. The molecule has 0 aliphatic carbocycles. The molecule has 1 aromatic heterocycles. The van der Waals surface area contributed by atoms with Crippen LogP contribution >= 0.6 is 22.6 Å². The predicted octanol–water partition coefficient (Wildman–Crippen LogP) is 2.84. The largest absolute Gasteiger partial charge is 0.351 e. The van der Waals surface area contributed by atoms with E-state index < -0.39 is 0 Å². The van der Waals surface area contributed by atoms with E-state index in [0.717, 1.165) is 9.26 Å². The van der Waals surface area contributed by atoms with E-state index >= 15 is 0 Å². The van der Waals surface area contributed by atoms with Gasteiger partial charge in [0.1, 0.15) is 0 Å². The van der Waals surface area contributed by atoms with Gasteiger partial charge in [-0.05, 0) is 47.7 Å². The molecule has 0 bridgehead atoms. The van der Waals surface area contributed by atoms with Crippen LogP contribution in [0, 0.1) is 10.5 Å². The van der Waals surface area contributed by atoms with E-state index in [1.807, 2.05) is 24.3 Å². The summed E-state index contributed by atoms with van der Waals surface area (Å²) in [4.78, 5) is 11.7. The summed E-state index contributed by atoms with van der Waals surface area (Å²) >= 11 is 2.18. The molecule has 82 valence electrons. The average molecular weight is 328 g/mol. The van der Waals surface area contributed by atoms with Gasteiger partial charge in [0, 0.05) is 15.3 Å². The molecule has 1 amide bonds. The molecule has 0 atom stereocenters. The van der Waals surface area contributed by atoms with E-state index in [4.69, 9.17) is 4.52 Å². The lowest BCUT2D eigenvalue weighted by atomic mass is 10.3. The Labute approximate surface area is 106 Å². The second-order valence-corrected chi connectivity index (χ2v) is 4.54. The van der Waals surface area contributed by atoms with Crippen LogP contribution < -0.4 is 5.32 Å². The van der Waals surface area contributed by atoms with Crippen molar-refractivity contribution in [2.75, 3.05) is 5.32 Å². The summed E-state index contributed by atoms with van der Waals surface area (Å²) in [6, 6.07) is 9.13. The zero-order valence-electron chi connectivity index (χ0n) is 8.53. The number of hydrogen-bond acceptors (Lipinski definition) is 3. The third-order valence-corrected chi connectivity index (χ3v) is 2.61. The summed E-state index contributed by atoms with van der Waals surface area (Å²) in [5, 5.41) is 6.39. The highest BCUT2D eigenvalue weighted by Gasteiger charge is 2.11. The molecule has 4 nitrogen and oxygen atoms in total. The van der Waals surface area contributed by atoms with Gasteiger partial charge in [-0.1, -0.05) is 11.2 Å². The number of carbonyl (C=O) groups excluding carboxylic acids is 1. The van der Waals surface area contributed by atoms with Crippen molar-refractivity contribution in [3.05, 3.63) is 45.4 Å². The van der Waals surface area contributed by atoms with Crippen molar-refractivity contribution in [3.63, 3.8) is 0 Å². The third kappa shape index (κ3) is 2.60. The number of aromatic nitrogens is 1. The molecule has 1 N–H and O–H groups in total. The Kier molecular flexibility index (Phi) is 3.23. The summed E-state index contributed by atoms with van der Waals surface area (Å²) in [7, 11) is 0. The molecule has 0 spiro atoms. The lowest BCUT2D eigenvalue weighted by Crippen LogP contribution is -2.10. The molecule has 2 rings (SSSR count). The van der Waals surface area contributed by atoms with Crippen LogP contribution in [0.2, 0.25) is 0 Å². The number of nitrogens with one attached hydrogen (secondary N) is 1. The molecule has 16 heavy (non-hydrogen) atoms. The number of rotatable bonds is 2. The Morgan fingerprint density at radius 2 is 2.25 bits per heavy atom. The van der Waals surface area contributed by atoms with Crippen LogP contribution in [-0.4, -0.2) is 11.1 Å². The first-order valence-corrected chi connectivity index (χ1v) is 5.73. The molecule has 1 aromatic carbocycles. The summed E-state index contributed by atoms with van der Waals surface area (Å²) in [5.41, 5.74) is 1.43. The molecule has 0 unspecified atom stereocenters. The minimum Gasteiger partial charge on any atom is -0.351 e. The Bertz CT molecular complexity index is 522. The van der Waals surface area contributed by atoms with E-state index in [1.54, 1.807) is 13.0 Å². The number of aryl methyl sites for hydroxylation is 1. The number of carbonyl (C=O) groups is 1. The first-order valence-electron chi connectivity index (χ1n) is 4.65.